The Balaban J connectivity index is 1.31. The number of ether oxygens (including phenoxy) is 2. The quantitative estimate of drug-likeness (QED) is 0.433. The molecule has 0 aliphatic carbocycles. The molecule has 0 spiro atoms. The van der Waals surface area contributed by atoms with Gasteiger partial charge in [-0.05, 0) is 42.0 Å². The molecule has 31 heavy (non-hydrogen) atoms. The van der Waals surface area contributed by atoms with Gasteiger partial charge in [0.2, 0.25) is 12.7 Å². The van der Waals surface area contributed by atoms with Gasteiger partial charge in [0.1, 0.15) is 0 Å². The predicted octanol–water partition coefficient (Wildman–Crippen LogP) is 4.33. The summed E-state index contributed by atoms with van der Waals surface area (Å²) in [6.07, 6.45) is -2.98. The largest absolute Gasteiger partial charge is 0.454 e. The molecule has 2 N–H and O–H groups in total. The molecular formula is C20H15F3N4O3S. The van der Waals surface area contributed by atoms with Gasteiger partial charge in [-0.2, -0.15) is 18.3 Å². The number of amides is 1. The number of nitrogens with zero attached hydrogens (tertiary/aromatic N) is 2. The van der Waals surface area contributed by atoms with Crippen LogP contribution in [0, 0.1) is 0 Å². The number of carbonyl (C=O) groups excluding carboxylic acids is 1. The minimum Gasteiger partial charge on any atom is -0.454 e. The molecule has 0 fully saturated rings. The van der Waals surface area contributed by atoms with Crippen molar-refractivity contribution in [3.05, 3.63) is 64.7 Å². The lowest BCUT2D eigenvalue weighted by Gasteiger charge is -2.08. The first-order chi connectivity index (χ1) is 14.9. The van der Waals surface area contributed by atoms with Crippen molar-refractivity contribution < 1.29 is 27.4 Å². The van der Waals surface area contributed by atoms with Crippen molar-refractivity contribution in [2.24, 2.45) is 5.10 Å². The summed E-state index contributed by atoms with van der Waals surface area (Å²) in [4.78, 5) is 16.3. The Kier molecular flexibility index (Phi) is 5.76. The summed E-state index contributed by atoms with van der Waals surface area (Å²) in [6.45, 7) is 0.172. The number of carbonyl (C=O) groups is 1. The number of hydrogen-bond donors (Lipinski definition) is 2. The molecule has 0 atom stereocenters. The molecule has 0 unspecified atom stereocenters. The van der Waals surface area contributed by atoms with Gasteiger partial charge < -0.3 is 14.8 Å². The Morgan fingerprint density at radius 1 is 1.19 bits per heavy atom. The Morgan fingerprint density at radius 3 is 2.87 bits per heavy atom. The van der Waals surface area contributed by atoms with E-state index in [4.69, 9.17) is 9.47 Å². The van der Waals surface area contributed by atoms with E-state index in [1.54, 1.807) is 23.6 Å². The molecule has 2 aromatic carbocycles. The number of halogens is 3. The van der Waals surface area contributed by atoms with Crippen LogP contribution in [0.4, 0.5) is 24.0 Å². The van der Waals surface area contributed by atoms with Crippen LogP contribution in [0.25, 0.3) is 0 Å². The van der Waals surface area contributed by atoms with Gasteiger partial charge >= 0.3 is 6.18 Å². The lowest BCUT2D eigenvalue weighted by molar-refractivity contribution is -0.137. The Morgan fingerprint density at radius 2 is 2.03 bits per heavy atom. The van der Waals surface area contributed by atoms with Crippen LogP contribution in [0.1, 0.15) is 16.8 Å². The van der Waals surface area contributed by atoms with E-state index in [2.05, 4.69) is 20.8 Å². The lowest BCUT2D eigenvalue weighted by atomic mass is 10.2. The summed E-state index contributed by atoms with van der Waals surface area (Å²) in [5.41, 5.74) is 3.11. The maximum atomic E-state index is 12.8. The molecule has 1 aliphatic heterocycles. The third kappa shape index (κ3) is 5.31. The van der Waals surface area contributed by atoms with Crippen LogP contribution in [-0.2, 0) is 17.4 Å². The summed E-state index contributed by atoms with van der Waals surface area (Å²) < 4.78 is 48.9. The fourth-order valence-electron chi connectivity index (χ4n) is 2.72. The smallest absolute Gasteiger partial charge is 0.416 e. The van der Waals surface area contributed by atoms with E-state index < -0.39 is 11.7 Å². The molecule has 1 aliphatic rings. The zero-order chi connectivity index (χ0) is 21.8. The van der Waals surface area contributed by atoms with Crippen molar-refractivity contribution in [2.75, 3.05) is 12.1 Å². The topological polar surface area (TPSA) is 84.8 Å². The van der Waals surface area contributed by atoms with E-state index >= 15 is 0 Å². The summed E-state index contributed by atoms with van der Waals surface area (Å²) >= 11 is 1.18. The summed E-state index contributed by atoms with van der Waals surface area (Å²) in [7, 11) is 0. The highest BCUT2D eigenvalue weighted by Gasteiger charge is 2.30. The summed E-state index contributed by atoms with van der Waals surface area (Å²) in [5, 5.41) is 8.75. The second kappa shape index (κ2) is 8.64. The highest BCUT2D eigenvalue weighted by atomic mass is 32.1. The Hall–Kier alpha value is -3.60. The van der Waals surface area contributed by atoms with Crippen molar-refractivity contribution in [2.45, 2.75) is 12.6 Å². The van der Waals surface area contributed by atoms with Crippen molar-refractivity contribution in [1.29, 1.82) is 0 Å². The van der Waals surface area contributed by atoms with E-state index in [0.717, 1.165) is 17.7 Å². The number of alkyl halides is 3. The van der Waals surface area contributed by atoms with Crippen LogP contribution >= 0.6 is 11.3 Å². The molecule has 1 aromatic heterocycles. The minimum absolute atomic E-state index is 0.0285. The molecule has 0 radical (unpaired) electrons. The average molecular weight is 448 g/mol. The zero-order valence-electron chi connectivity index (χ0n) is 15.8. The third-order valence-corrected chi connectivity index (χ3v) is 4.94. The van der Waals surface area contributed by atoms with Gasteiger partial charge in [-0.1, -0.05) is 6.07 Å². The molecule has 0 bridgehead atoms. The standard InChI is InChI=1S/C20H15F3N4O3S/c21-20(22,23)13-2-1-3-14(7-13)25-19-26-15(10-31-19)8-18(28)27-24-9-12-4-5-16-17(6-12)30-11-29-16/h1-7,9-10H,8,11H2,(H,25,26)(H,27,28)/b24-9-. The number of fused-ring (bicyclic) bond motifs is 1. The third-order valence-electron chi connectivity index (χ3n) is 4.13. The first-order valence-electron chi connectivity index (χ1n) is 8.97. The maximum Gasteiger partial charge on any atom is 0.416 e. The molecule has 7 nitrogen and oxygen atoms in total. The van der Waals surface area contributed by atoms with Crippen LogP contribution in [0.2, 0.25) is 0 Å². The van der Waals surface area contributed by atoms with Crippen molar-refractivity contribution in [3.8, 4) is 11.5 Å². The molecule has 160 valence electrons. The molecule has 4 rings (SSSR count). The number of benzene rings is 2. The van der Waals surface area contributed by atoms with Crippen molar-refractivity contribution in [1.82, 2.24) is 10.4 Å². The lowest BCUT2D eigenvalue weighted by Crippen LogP contribution is -2.19. The van der Waals surface area contributed by atoms with Gasteiger partial charge in [0.15, 0.2) is 16.6 Å². The first-order valence-corrected chi connectivity index (χ1v) is 9.85. The van der Waals surface area contributed by atoms with Gasteiger partial charge in [-0.15, -0.1) is 11.3 Å². The van der Waals surface area contributed by atoms with E-state index in [9.17, 15) is 18.0 Å². The molecular weight excluding hydrogens is 433 g/mol. The van der Waals surface area contributed by atoms with Crippen LogP contribution in [0.15, 0.2) is 52.9 Å². The number of thiazole rings is 1. The van der Waals surface area contributed by atoms with E-state index in [1.807, 2.05) is 0 Å². The average Bonchev–Trinajstić information content (AvgIpc) is 3.36. The van der Waals surface area contributed by atoms with Gasteiger partial charge in [-0.25, -0.2) is 10.4 Å². The molecule has 1 amide bonds. The number of rotatable bonds is 6. The maximum absolute atomic E-state index is 12.8. The number of hydrogen-bond acceptors (Lipinski definition) is 7. The number of hydrazone groups is 1. The number of aromatic nitrogens is 1. The van der Waals surface area contributed by atoms with Gasteiger partial charge in [0, 0.05) is 11.1 Å². The summed E-state index contributed by atoms with van der Waals surface area (Å²) in [5.74, 6) is 0.880. The van der Waals surface area contributed by atoms with Gasteiger partial charge in [-0.3, -0.25) is 4.79 Å². The van der Waals surface area contributed by atoms with Crippen molar-refractivity contribution >= 4 is 34.3 Å². The van der Waals surface area contributed by atoms with Crippen molar-refractivity contribution in [3.63, 3.8) is 0 Å². The monoisotopic (exact) mass is 448 g/mol. The predicted molar refractivity (Wildman–Crippen MR) is 109 cm³/mol. The normalized spacial score (nSPS) is 12.9. The first kappa shape index (κ1) is 20.7. The van der Waals surface area contributed by atoms with E-state index in [-0.39, 0.29) is 24.8 Å². The van der Waals surface area contributed by atoms with Crippen LogP contribution < -0.4 is 20.2 Å². The molecule has 3 aromatic rings. The number of anilines is 2. The van der Waals surface area contributed by atoms with Crippen LogP contribution in [0.3, 0.4) is 0 Å². The zero-order valence-corrected chi connectivity index (χ0v) is 16.6. The molecule has 11 heteroatoms. The molecule has 2 heterocycles. The van der Waals surface area contributed by atoms with E-state index in [0.29, 0.717) is 22.3 Å². The van der Waals surface area contributed by atoms with Gasteiger partial charge in [0.25, 0.3) is 0 Å². The second-order valence-corrected chi connectivity index (χ2v) is 7.29. The highest BCUT2D eigenvalue weighted by Crippen LogP contribution is 2.32. The molecule has 0 saturated carbocycles. The molecule has 0 saturated heterocycles. The van der Waals surface area contributed by atoms with E-state index in [1.165, 1.54) is 29.7 Å². The fraction of sp³-hybridized carbons (Fsp3) is 0.150. The second-order valence-electron chi connectivity index (χ2n) is 6.43. The minimum atomic E-state index is -4.43. The van der Waals surface area contributed by atoms with Gasteiger partial charge in [0.05, 0.1) is 23.9 Å². The number of nitrogens with one attached hydrogen (secondary N) is 2. The van der Waals surface area contributed by atoms with Crippen LogP contribution in [-0.4, -0.2) is 23.9 Å². The summed E-state index contributed by atoms with van der Waals surface area (Å²) in [6, 6.07) is 10.1. The van der Waals surface area contributed by atoms with Crippen LogP contribution in [0.5, 0.6) is 11.5 Å². The Bertz CT molecular complexity index is 1130. The fourth-order valence-corrected chi connectivity index (χ4v) is 3.45. The Labute approximate surface area is 178 Å². The highest BCUT2D eigenvalue weighted by molar-refractivity contribution is 7.13. The SMILES string of the molecule is O=C(Cc1csc(Nc2cccc(C(F)(F)F)c2)n1)N/N=C\c1ccc2c(c1)OCO2.